The molecule has 3 aromatic rings. The zero-order chi connectivity index (χ0) is 16.4. The Balaban J connectivity index is 1.71. The van der Waals surface area contributed by atoms with Crippen molar-refractivity contribution in [1.82, 2.24) is 5.32 Å². The molecule has 0 aliphatic carbocycles. The predicted octanol–water partition coefficient (Wildman–Crippen LogP) is 2.81. The number of carbonyl (C=O) groups excluding carboxylic acids is 1. The van der Waals surface area contributed by atoms with Crippen LogP contribution in [0, 0.1) is 6.92 Å². The molecular weight excluding hydrogens is 298 g/mol. The van der Waals surface area contributed by atoms with Gasteiger partial charge in [-0.25, -0.2) is 0 Å². The number of benzene rings is 1. The molecule has 2 heterocycles. The lowest BCUT2D eigenvalue weighted by Crippen LogP contribution is -2.27. The third kappa shape index (κ3) is 3.07. The fourth-order valence-electron chi connectivity index (χ4n) is 2.32. The molecule has 0 aliphatic heterocycles. The molecule has 3 rings (SSSR count). The summed E-state index contributed by atoms with van der Waals surface area (Å²) in [5.74, 6) is 1.43. The standard InChI is InChI=1S/C17H17NO5/c1-10-6-7-13(22-10)12(19)9-18-17(20)15-8-11-4-3-5-14(21-2)16(11)23-15/h3-8,12,19H,9H2,1-2H3,(H,18,20). The van der Waals surface area contributed by atoms with Gasteiger partial charge < -0.3 is 24.0 Å². The van der Waals surface area contributed by atoms with E-state index < -0.39 is 12.0 Å². The fraction of sp³-hybridized carbons (Fsp3) is 0.235. The van der Waals surface area contributed by atoms with E-state index in [4.69, 9.17) is 13.6 Å². The van der Waals surface area contributed by atoms with Gasteiger partial charge in [0.15, 0.2) is 17.1 Å². The quantitative estimate of drug-likeness (QED) is 0.756. The molecule has 0 saturated carbocycles. The van der Waals surface area contributed by atoms with Crippen molar-refractivity contribution < 1.29 is 23.5 Å². The number of furan rings is 2. The highest BCUT2D eigenvalue weighted by Crippen LogP contribution is 2.28. The van der Waals surface area contributed by atoms with E-state index >= 15 is 0 Å². The van der Waals surface area contributed by atoms with E-state index in [1.807, 2.05) is 12.1 Å². The summed E-state index contributed by atoms with van der Waals surface area (Å²) < 4.78 is 16.1. The molecule has 6 heteroatoms. The van der Waals surface area contributed by atoms with E-state index in [9.17, 15) is 9.90 Å². The minimum Gasteiger partial charge on any atom is -0.493 e. The zero-order valence-electron chi connectivity index (χ0n) is 12.8. The molecule has 2 N–H and O–H groups in total. The van der Waals surface area contributed by atoms with E-state index in [-0.39, 0.29) is 12.3 Å². The molecule has 1 aromatic carbocycles. The number of ether oxygens (including phenoxy) is 1. The number of hydrogen-bond donors (Lipinski definition) is 2. The first kappa shape index (κ1) is 15.2. The van der Waals surface area contributed by atoms with Gasteiger partial charge in [0, 0.05) is 5.39 Å². The SMILES string of the molecule is COc1cccc2cc(C(=O)NCC(O)c3ccc(C)o3)oc12. The Hall–Kier alpha value is -2.73. The molecule has 0 radical (unpaired) electrons. The number of carbonyl (C=O) groups is 1. The van der Waals surface area contributed by atoms with Gasteiger partial charge in [0.05, 0.1) is 13.7 Å². The van der Waals surface area contributed by atoms with Gasteiger partial charge in [-0.05, 0) is 31.2 Å². The van der Waals surface area contributed by atoms with Crippen molar-refractivity contribution >= 4 is 16.9 Å². The van der Waals surface area contributed by atoms with Crippen molar-refractivity contribution in [2.75, 3.05) is 13.7 Å². The van der Waals surface area contributed by atoms with Gasteiger partial charge in [0.2, 0.25) is 0 Å². The number of nitrogens with one attached hydrogen (secondary N) is 1. The predicted molar refractivity (Wildman–Crippen MR) is 83.5 cm³/mol. The average molecular weight is 315 g/mol. The maximum Gasteiger partial charge on any atom is 0.287 e. The summed E-state index contributed by atoms with van der Waals surface area (Å²) >= 11 is 0. The van der Waals surface area contributed by atoms with Crippen LogP contribution in [0.2, 0.25) is 0 Å². The van der Waals surface area contributed by atoms with Crippen LogP contribution in [0.15, 0.2) is 45.2 Å². The van der Waals surface area contributed by atoms with Crippen LogP contribution in [0.4, 0.5) is 0 Å². The maximum atomic E-state index is 12.2. The smallest absolute Gasteiger partial charge is 0.287 e. The number of rotatable bonds is 5. The van der Waals surface area contributed by atoms with Gasteiger partial charge in [-0.1, -0.05) is 12.1 Å². The van der Waals surface area contributed by atoms with Crippen LogP contribution < -0.4 is 10.1 Å². The van der Waals surface area contributed by atoms with Crippen LogP contribution in [0.1, 0.15) is 28.2 Å². The lowest BCUT2D eigenvalue weighted by atomic mass is 10.2. The third-order valence-corrected chi connectivity index (χ3v) is 3.50. The summed E-state index contributed by atoms with van der Waals surface area (Å²) in [7, 11) is 1.54. The summed E-state index contributed by atoms with van der Waals surface area (Å²) in [6.07, 6.45) is -0.911. The first-order valence-electron chi connectivity index (χ1n) is 7.17. The van der Waals surface area contributed by atoms with E-state index in [2.05, 4.69) is 5.32 Å². The number of fused-ring (bicyclic) bond motifs is 1. The number of hydrogen-bond acceptors (Lipinski definition) is 5. The Morgan fingerprint density at radius 3 is 2.83 bits per heavy atom. The Kier molecular flexibility index (Phi) is 4.08. The van der Waals surface area contributed by atoms with Gasteiger partial charge >= 0.3 is 0 Å². The molecule has 120 valence electrons. The van der Waals surface area contributed by atoms with Crippen LogP contribution in [-0.4, -0.2) is 24.7 Å². The molecular formula is C17H17NO5. The van der Waals surface area contributed by atoms with E-state index in [1.54, 1.807) is 38.3 Å². The van der Waals surface area contributed by atoms with Gasteiger partial charge in [-0.2, -0.15) is 0 Å². The molecule has 0 spiro atoms. The highest BCUT2D eigenvalue weighted by Gasteiger charge is 2.17. The number of para-hydroxylation sites is 1. The van der Waals surface area contributed by atoms with Gasteiger partial charge in [-0.15, -0.1) is 0 Å². The second-order valence-corrected chi connectivity index (χ2v) is 5.16. The topological polar surface area (TPSA) is 84.8 Å². The lowest BCUT2D eigenvalue weighted by molar-refractivity contribution is 0.0875. The molecule has 0 bridgehead atoms. The van der Waals surface area contributed by atoms with Gasteiger partial charge in [0.25, 0.3) is 5.91 Å². The number of amides is 1. The monoisotopic (exact) mass is 315 g/mol. The fourth-order valence-corrected chi connectivity index (χ4v) is 2.32. The van der Waals surface area contributed by atoms with Crippen LogP contribution in [0.25, 0.3) is 11.0 Å². The Morgan fingerprint density at radius 1 is 1.30 bits per heavy atom. The summed E-state index contributed by atoms with van der Waals surface area (Å²) in [4.78, 5) is 12.2. The summed E-state index contributed by atoms with van der Waals surface area (Å²) in [6.45, 7) is 1.82. The zero-order valence-corrected chi connectivity index (χ0v) is 12.8. The lowest BCUT2D eigenvalue weighted by Gasteiger charge is -2.08. The summed E-state index contributed by atoms with van der Waals surface area (Å²) in [5, 5.41) is 13.4. The molecule has 0 saturated heterocycles. The van der Waals surface area contributed by atoms with Crippen LogP contribution in [0.5, 0.6) is 5.75 Å². The first-order chi connectivity index (χ1) is 11.1. The average Bonchev–Trinajstić information content (AvgIpc) is 3.17. The molecule has 6 nitrogen and oxygen atoms in total. The Bertz CT molecular complexity index is 832. The minimum absolute atomic E-state index is 0.0277. The molecule has 0 aliphatic rings. The molecule has 1 atom stereocenters. The second-order valence-electron chi connectivity index (χ2n) is 5.16. The summed E-state index contributed by atoms with van der Waals surface area (Å²) in [5.41, 5.74) is 0.516. The highest BCUT2D eigenvalue weighted by atomic mass is 16.5. The molecule has 1 amide bonds. The van der Waals surface area contributed by atoms with Crippen molar-refractivity contribution in [2.24, 2.45) is 0 Å². The van der Waals surface area contributed by atoms with Crippen LogP contribution in [0.3, 0.4) is 0 Å². The van der Waals surface area contributed by atoms with Gasteiger partial charge in [-0.3, -0.25) is 4.79 Å². The molecule has 23 heavy (non-hydrogen) atoms. The van der Waals surface area contributed by atoms with E-state index in [0.29, 0.717) is 22.9 Å². The van der Waals surface area contributed by atoms with Crippen LogP contribution in [-0.2, 0) is 0 Å². The first-order valence-corrected chi connectivity index (χ1v) is 7.17. The molecule has 2 aromatic heterocycles. The Labute approximate surface area is 132 Å². The number of aliphatic hydroxyl groups is 1. The van der Waals surface area contributed by atoms with Crippen molar-refractivity contribution in [3.05, 3.63) is 53.7 Å². The van der Waals surface area contributed by atoms with Crippen molar-refractivity contribution in [3.63, 3.8) is 0 Å². The van der Waals surface area contributed by atoms with E-state index in [1.165, 1.54) is 0 Å². The Morgan fingerprint density at radius 2 is 2.13 bits per heavy atom. The highest BCUT2D eigenvalue weighted by molar-refractivity contribution is 5.97. The summed E-state index contributed by atoms with van der Waals surface area (Å²) in [6, 6.07) is 10.5. The van der Waals surface area contributed by atoms with Crippen LogP contribution >= 0.6 is 0 Å². The number of aryl methyl sites for hydroxylation is 1. The normalized spacial score (nSPS) is 12.3. The number of aliphatic hydroxyl groups excluding tert-OH is 1. The third-order valence-electron chi connectivity index (χ3n) is 3.50. The van der Waals surface area contributed by atoms with Crippen molar-refractivity contribution in [3.8, 4) is 5.75 Å². The molecule has 1 unspecified atom stereocenters. The largest absolute Gasteiger partial charge is 0.493 e. The molecule has 0 fully saturated rings. The van der Waals surface area contributed by atoms with Crippen molar-refractivity contribution in [1.29, 1.82) is 0 Å². The van der Waals surface area contributed by atoms with E-state index in [0.717, 1.165) is 5.39 Å². The number of methoxy groups -OCH3 is 1. The van der Waals surface area contributed by atoms with Crippen molar-refractivity contribution in [2.45, 2.75) is 13.0 Å². The maximum absolute atomic E-state index is 12.2. The second kappa shape index (κ2) is 6.18. The minimum atomic E-state index is -0.911. The van der Waals surface area contributed by atoms with Gasteiger partial charge in [0.1, 0.15) is 17.6 Å².